The van der Waals surface area contributed by atoms with E-state index in [0.717, 1.165) is 55.6 Å². The van der Waals surface area contributed by atoms with Gasteiger partial charge in [-0.1, -0.05) is 6.07 Å². The second kappa shape index (κ2) is 7.25. The van der Waals surface area contributed by atoms with Gasteiger partial charge in [-0.2, -0.15) is 0 Å². The van der Waals surface area contributed by atoms with Crippen LogP contribution >= 0.6 is 0 Å². The van der Waals surface area contributed by atoms with Gasteiger partial charge in [-0.15, -0.1) is 0 Å². The molecule has 0 spiro atoms. The van der Waals surface area contributed by atoms with E-state index in [9.17, 15) is 4.39 Å². The number of aryl methyl sites for hydroxylation is 1. The molecule has 6 heteroatoms. The van der Waals surface area contributed by atoms with E-state index in [1.54, 1.807) is 12.1 Å². The predicted molar refractivity (Wildman–Crippen MR) is 98.4 cm³/mol. The molecule has 3 aromatic rings. The monoisotopic (exact) mass is 352 g/mol. The molecule has 0 aliphatic carbocycles. The summed E-state index contributed by atoms with van der Waals surface area (Å²) in [6.45, 7) is 6.48. The molecule has 1 aliphatic rings. The van der Waals surface area contributed by atoms with E-state index < -0.39 is 0 Å². The van der Waals surface area contributed by atoms with Crippen LogP contribution in [-0.2, 0) is 6.54 Å². The Morgan fingerprint density at radius 2 is 1.81 bits per heavy atom. The molecule has 3 heterocycles. The van der Waals surface area contributed by atoms with Crippen LogP contribution in [0.25, 0.3) is 11.5 Å². The van der Waals surface area contributed by atoms with E-state index in [0.29, 0.717) is 5.89 Å². The molecule has 26 heavy (non-hydrogen) atoms. The van der Waals surface area contributed by atoms with E-state index in [2.05, 4.69) is 19.8 Å². The second-order valence-electron chi connectivity index (χ2n) is 6.48. The average molecular weight is 352 g/mol. The largest absolute Gasteiger partial charge is 0.441 e. The number of benzene rings is 1. The zero-order valence-electron chi connectivity index (χ0n) is 14.7. The minimum absolute atomic E-state index is 0.261. The summed E-state index contributed by atoms with van der Waals surface area (Å²) in [6.07, 6.45) is 1.83. The Balaban J connectivity index is 1.40. The van der Waals surface area contributed by atoms with Crippen molar-refractivity contribution in [2.24, 2.45) is 0 Å². The van der Waals surface area contributed by atoms with Crippen LogP contribution in [-0.4, -0.2) is 41.0 Å². The molecule has 0 saturated carbocycles. The maximum atomic E-state index is 13.1. The molecular formula is C20H21FN4O. The second-order valence-corrected chi connectivity index (χ2v) is 6.48. The third-order valence-corrected chi connectivity index (χ3v) is 4.70. The molecule has 4 rings (SSSR count). The fraction of sp³-hybridized carbons (Fsp3) is 0.300. The van der Waals surface area contributed by atoms with E-state index in [1.807, 2.05) is 31.3 Å². The summed E-state index contributed by atoms with van der Waals surface area (Å²) in [6, 6.07) is 12.2. The van der Waals surface area contributed by atoms with Gasteiger partial charge in [0.2, 0.25) is 5.89 Å². The maximum Gasteiger partial charge on any atom is 0.226 e. The number of piperazine rings is 1. The third kappa shape index (κ3) is 3.60. The number of oxazole rings is 1. The lowest BCUT2D eigenvalue weighted by atomic mass is 10.2. The van der Waals surface area contributed by atoms with E-state index in [-0.39, 0.29) is 5.82 Å². The first kappa shape index (κ1) is 16.7. The van der Waals surface area contributed by atoms with Gasteiger partial charge in [0, 0.05) is 44.5 Å². The highest BCUT2D eigenvalue weighted by Gasteiger charge is 2.20. The van der Waals surface area contributed by atoms with Crippen molar-refractivity contribution in [3.8, 4) is 11.5 Å². The Hall–Kier alpha value is -2.73. The molecule has 0 N–H and O–H groups in total. The van der Waals surface area contributed by atoms with Crippen molar-refractivity contribution in [3.63, 3.8) is 0 Å². The van der Waals surface area contributed by atoms with Crippen LogP contribution in [0.2, 0.25) is 0 Å². The number of aromatic nitrogens is 2. The topological polar surface area (TPSA) is 45.4 Å². The molecule has 1 fully saturated rings. The van der Waals surface area contributed by atoms with Gasteiger partial charge >= 0.3 is 0 Å². The SMILES string of the molecule is Cc1oc(-c2ccc(F)cc2)nc1CN1CCN(c2ccccn2)CC1. The fourth-order valence-corrected chi connectivity index (χ4v) is 3.18. The van der Waals surface area contributed by atoms with E-state index in [1.165, 1.54) is 12.1 Å². The van der Waals surface area contributed by atoms with Gasteiger partial charge in [0.05, 0.1) is 5.69 Å². The molecule has 5 nitrogen and oxygen atoms in total. The van der Waals surface area contributed by atoms with E-state index in [4.69, 9.17) is 4.42 Å². The zero-order chi connectivity index (χ0) is 17.9. The smallest absolute Gasteiger partial charge is 0.226 e. The van der Waals surface area contributed by atoms with Gasteiger partial charge in [0.15, 0.2) is 0 Å². The van der Waals surface area contributed by atoms with Crippen molar-refractivity contribution in [2.45, 2.75) is 13.5 Å². The Morgan fingerprint density at radius 3 is 2.50 bits per heavy atom. The highest BCUT2D eigenvalue weighted by atomic mass is 19.1. The maximum absolute atomic E-state index is 13.1. The van der Waals surface area contributed by atoms with Gasteiger partial charge in [0.1, 0.15) is 17.4 Å². The zero-order valence-corrected chi connectivity index (χ0v) is 14.7. The van der Waals surface area contributed by atoms with Gasteiger partial charge in [-0.25, -0.2) is 14.4 Å². The van der Waals surface area contributed by atoms with Crippen molar-refractivity contribution in [2.75, 3.05) is 31.1 Å². The Labute approximate surface area is 152 Å². The average Bonchev–Trinajstić information content (AvgIpc) is 3.04. The van der Waals surface area contributed by atoms with Gasteiger partial charge in [0.25, 0.3) is 0 Å². The molecule has 0 atom stereocenters. The van der Waals surface area contributed by atoms with Crippen LogP contribution in [0.15, 0.2) is 53.1 Å². The van der Waals surface area contributed by atoms with Crippen LogP contribution in [0.4, 0.5) is 10.2 Å². The summed E-state index contributed by atoms with van der Waals surface area (Å²) in [4.78, 5) is 13.7. The minimum Gasteiger partial charge on any atom is -0.441 e. The lowest BCUT2D eigenvalue weighted by molar-refractivity contribution is 0.245. The fourth-order valence-electron chi connectivity index (χ4n) is 3.18. The summed E-state index contributed by atoms with van der Waals surface area (Å²) in [7, 11) is 0. The summed E-state index contributed by atoms with van der Waals surface area (Å²) in [5, 5.41) is 0. The molecule has 0 amide bonds. The molecule has 134 valence electrons. The van der Waals surface area contributed by atoms with Crippen molar-refractivity contribution in [1.29, 1.82) is 0 Å². The Bertz CT molecular complexity index is 855. The lowest BCUT2D eigenvalue weighted by Crippen LogP contribution is -2.46. The molecule has 1 aromatic carbocycles. The molecule has 0 unspecified atom stereocenters. The highest BCUT2D eigenvalue weighted by Crippen LogP contribution is 2.23. The van der Waals surface area contributed by atoms with Crippen LogP contribution in [0.3, 0.4) is 0 Å². The molecule has 1 saturated heterocycles. The van der Waals surface area contributed by atoms with Crippen LogP contribution < -0.4 is 4.90 Å². The minimum atomic E-state index is -0.261. The van der Waals surface area contributed by atoms with Crippen molar-refractivity contribution in [3.05, 3.63) is 65.9 Å². The van der Waals surface area contributed by atoms with Crippen molar-refractivity contribution < 1.29 is 8.81 Å². The van der Waals surface area contributed by atoms with E-state index >= 15 is 0 Å². The number of hydrogen-bond acceptors (Lipinski definition) is 5. The Morgan fingerprint density at radius 1 is 1.04 bits per heavy atom. The molecule has 0 bridgehead atoms. The van der Waals surface area contributed by atoms with Crippen LogP contribution in [0, 0.1) is 12.7 Å². The third-order valence-electron chi connectivity index (χ3n) is 4.70. The van der Waals surface area contributed by atoms with Crippen LogP contribution in [0.1, 0.15) is 11.5 Å². The summed E-state index contributed by atoms with van der Waals surface area (Å²) < 4.78 is 18.9. The summed E-state index contributed by atoms with van der Waals surface area (Å²) in [5.74, 6) is 2.13. The molecular weight excluding hydrogens is 331 g/mol. The van der Waals surface area contributed by atoms with Gasteiger partial charge in [-0.3, -0.25) is 4.90 Å². The first-order valence-corrected chi connectivity index (χ1v) is 8.79. The first-order chi connectivity index (χ1) is 12.7. The predicted octanol–water partition coefficient (Wildman–Crippen LogP) is 3.51. The van der Waals surface area contributed by atoms with Gasteiger partial charge < -0.3 is 9.32 Å². The number of pyridine rings is 1. The van der Waals surface area contributed by atoms with Crippen molar-refractivity contribution in [1.82, 2.24) is 14.9 Å². The number of anilines is 1. The van der Waals surface area contributed by atoms with Crippen LogP contribution in [0.5, 0.6) is 0 Å². The standard InChI is InChI=1S/C20H21FN4O/c1-15-18(23-20(26-15)16-5-7-17(21)8-6-16)14-24-10-12-25(13-11-24)19-4-2-3-9-22-19/h2-9H,10-14H2,1H3. The summed E-state index contributed by atoms with van der Waals surface area (Å²) in [5.41, 5.74) is 1.73. The normalized spacial score (nSPS) is 15.4. The first-order valence-electron chi connectivity index (χ1n) is 8.79. The number of rotatable bonds is 4. The number of nitrogens with zero attached hydrogens (tertiary/aromatic N) is 4. The van der Waals surface area contributed by atoms with Crippen molar-refractivity contribution >= 4 is 5.82 Å². The summed E-state index contributed by atoms with van der Waals surface area (Å²) >= 11 is 0. The Kier molecular flexibility index (Phi) is 4.67. The quantitative estimate of drug-likeness (QED) is 0.719. The number of halogens is 1. The molecule has 2 aromatic heterocycles. The lowest BCUT2D eigenvalue weighted by Gasteiger charge is -2.35. The molecule has 1 aliphatic heterocycles. The number of hydrogen-bond donors (Lipinski definition) is 0. The highest BCUT2D eigenvalue weighted by molar-refractivity contribution is 5.53. The van der Waals surface area contributed by atoms with Gasteiger partial charge in [-0.05, 0) is 43.3 Å². The molecule has 0 radical (unpaired) electrons.